The molecule has 94 valence electrons. The van der Waals surface area contributed by atoms with Gasteiger partial charge in [0.05, 0.1) is 11.9 Å². The van der Waals surface area contributed by atoms with Gasteiger partial charge in [-0.15, -0.1) is 0 Å². The molecule has 1 aromatic heterocycles. The molecule has 1 aliphatic heterocycles. The van der Waals surface area contributed by atoms with Crippen molar-refractivity contribution in [3.63, 3.8) is 0 Å². The van der Waals surface area contributed by atoms with Crippen LogP contribution in [0.15, 0.2) is 30.5 Å². The van der Waals surface area contributed by atoms with Gasteiger partial charge in [0.1, 0.15) is 11.6 Å². The number of nitrogens with zero attached hydrogens (tertiary/aromatic N) is 1. The minimum atomic E-state index is -0.210. The second-order valence-electron chi connectivity index (χ2n) is 4.69. The average molecular weight is 245 g/mol. The summed E-state index contributed by atoms with van der Waals surface area (Å²) >= 11 is 0. The van der Waals surface area contributed by atoms with E-state index in [0.717, 1.165) is 37.4 Å². The second kappa shape index (κ2) is 4.90. The average Bonchev–Trinajstić information content (AvgIpc) is 2.90. The Bertz CT molecular complexity index is 529. The fraction of sp³-hybridized carbons (Fsp3) is 0.357. The van der Waals surface area contributed by atoms with E-state index in [4.69, 9.17) is 0 Å². The highest BCUT2D eigenvalue weighted by atomic mass is 19.1. The molecule has 2 heterocycles. The first-order valence-corrected chi connectivity index (χ1v) is 6.35. The van der Waals surface area contributed by atoms with Gasteiger partial charge < -0.3 is 10.3 Å². The fourth-order valence-electron chi connectivity index (χ4n) is 2.46. The number of halogens is 1. The first kappa shape index (κ1) is 11.4. The van der Waals surface area contributed by atoms with E-state index in [1.807, 2.05) is 6.07 Å². The molecule has 0 radical (unpaired) electrons. The minimum Gasteiger partial charge on any atom is -0.342 e. The number of hydrogen-bond acceptors (Lipinski definition) is 2. The quantitative estimate of drug-likeness (QED) is 0.854. The third kappa shape index (κ3) is 2.16. The smallest absolute Gasteiger partial charge is 0.132 e. The van der Waals surface area contributed by atoms with Crippen molar-refractivity contribution in [2.75, 3.05) is 13.1 Å². The van der Waals surface area contributed by atoms with Crippen molar-refractivity contribution < 1.29 is 4.39 Å². The van der Waals surface area contributed by atoms with Crippen LogP contribution >= 0.6 is 0 Å². The van der Waals surface area contributed by atoms with Gasteiger partial charge in [-0.2, -0.15) is 0 Å². The Hall–Kier alpha value is -1.68. The standard InChI is InChI=1S/C14H16FN3/c15-12-4-2-1-3-11(12)13-9-17-14(18-13)10-5-7-16-8-6-10/h1-4,9-10,16H,5-8H2,(H,17,18). The summed E-state index contributed by atoms with van der Waals surface area (Å²) in [5.41, 5.74) is 1.35. The molecule has 0 saturated carbocycles. The monoisotopic (exact) mass is 245 g/mol. The molecule has 3 nitrogen and oxygen atoms in total. The molecular weight excluding hydrogens is 229 g/mol. The summed E-state index contributed by atoms with van der Waals surface area (Å²) in [6.45, 7) is 2.06. The highest BCUT2D eigenvalue weighted by Crippen LogP contribution is 2.26. The van der Waals surface area contributed by atoms with E-state index < -0.39 is 0 Å². The van der Waals surface area contributed by atoms with Gasteiger partial charge >= 0.3 is 0 Å². The maximum atomic E-state index is 13.7. The zero-order valence-corrected chi connectivity index (χ0v) is 10.1. The van der Waals surface area contributed by atoms with Gasteiger partial charge in [-0.1, -0.05) is 12.1 Å². The van der Waals surface area contributed by atoms with Gasteiger partial charge in [0.2, 0.25) is 0 Å². The number of aromatic nitrogens is 2. The summed E-state index contributed by atoms with van der Waals surface area (Å²) < 4.78 is 13.7. The lowest BCUT2D eigenvalue weighted by Gasteiger charge is -2.20. The number of rotatable bonds is 2. The van der Waals surface area contributed by atoms with Crippen molar-refractivity contribution in [2.24, 2.45) is 0 Å². The van der Waals surface area contributed by atoms with E-state index >= 15 is 0 Å². The Labute approximate surface area is 105 Å². The van der Waals surface area contributed by atoms with E-state index in [0.29, 0.717) is 11.5 Å². The maximum Gasteiger partial charge on any atom is 0.132 e. The van der Waals surface area contributed by atoms with Gasteiger partial charge in [0.15, 0.2) is 0 Å². The lowest BCUT2D eigenvalue weighted by Crippen LogP contribution is -2.27. The molecule has 3 rings (SSSR count). The Morgan fingerprint density at radius 2 is 1.94 bits per heavy atom. The van der Waals surface area contributed by atoms with Crippen molar-refractivity contribution in [2.45, 2.75) is 18.8 Å². The first-order chi connectivity index (χ1) is 8.84. The molecule has 18 heavy (non-hydrogen) atoms. The van der Waals surface area contributed by atoms with Crippen molar-refractivity contribution in [1.29, 1.82) is 0 Å². The molecule has 0 atom stereocenters. The molecule has 0 amide bonds. The van der Waals surface area contributed by atoms with E-state index in [1.54, 1.807) is 18.3 Å². The van der Waals surface area contributed by atoms with Crippen molar-refractivity contribution in [3.8, 4) is 11.3 Å². The maximum absolute atomic E-state index is 13.7. The highest BCUT2D eigenvalue weighted by Gasteiger charge is 2.18. The molecule has 1 fully saturated rings. The van der Waals surface area contributed by atoms with Crippen LogP contribution in [0.3, 0.4) is 0 Å². The van der Waals surface area contributed by atoms with Gasteiger partial charge in [0, 0.05) is 11.5 Å². The van der Waals surface area contributed by atoms with Gasteiger partial charge in [-0.25, -0.2) is 9.37 Å². The van der Waals surface area contributed by atoms with Crippen LogP contribution in [0.1, 0.15) is 24.6 Å². The molecule has 1 saturated heterocycles. The van der Waals surface area contributed by atoms with E-state index in [9.17, 15) is 4.39 Å². The van der Waals surface area contributed by atoms with Crippen molar-refractivity contribution in [3.05, 3.63) is 42.1 Å². The zero-order chi connectivity index (χ0) is 12.4. The Morgan fingerprint density at radius 1 is 1.17 bits per heavy atom. The number of aromatic amines is 1. The summed E-state index contributed by atoms with van der Waals surface area (Å²) in [6, 6.07) is 6.78. The Balaban J connectivity index is 1.87. The second-order valence-corrected chi connectivity index (χ2v) is 4.69. The lowest BCUT2D eigenvalue weighted by atomic mass is 9.98. The third-order valence-corrected chi connectivity index (χ3v) is 3.49. The van der Waals surface area contributed by atoms with Crippen LogP contribution in [0.4, 0.5) is 4.39 Å². The van der Waals surface area contributed by atoms with Crippen LogP contribution in [0.25, 0.3) is 11.3 Å². The number of piperidine rings is 1. The summed E-state index contributed by atoms with van der Waals surface area (Å²) in [6.07, 6.45) is 3.91. The molecule has 0 bridgehead atoms. The highest BCUT2D eigenvalue weighted by molar-refractivity contribution is 5.59. The number of nitrogens with one attached hydrogen (secondary N) is 2. The van der Waals surface area contributed by atoms with Crippen LogP contribution in [0, 0.1) is 5.82 Å². The van der Waals surface area contributed by atoms with Crippen LogP contribution in [0.2, 0.25) is 0 Å². The summed E-state index contributed by atoms with van der Waals surface area (Å²) in [4.78, 5) is 7.67. The molecule has 0 aliphatic carbocycles. The van der Waals surface area contributed by atoms with Crippen molar-refractivity contribution in [1.82, 2.24) is 15.3 Å². The number of benzene rings is 1. The number of hydrogen-bond donors (Lipinski definition) is 2. The van der Waals surface area contributed by atoms with Gasteiger partial charge in [-0.05, 0) is 38.1 Å². The fourth-order valence-corrected chi connectivity index (χ4v) is 2.46. The summed E-state index contributed by atoms with van der Waals surface area (Å²) in [5, 5.41) is 3.33. The molecule has 1 aliphatic rings. The van der Waals surface area contributed by atoms with Crippen molar-refractivity contribution >= 4 is 0 Å². The Morgan fingerprint density at radius 3 is 2.72 bits per heavy atom. The molecule has 0 unspecified atom stereocenters. The predicted octanol–water partition coefficient (Wildman–Crippen LogP) is 2.68. The number of imidazole rings is 1. The van der Waals surface area contributed by atoms with E-state index in [-0.39, 0.29) is 5.82 Å². The predicted molar refractivity (Wildman–Crippen MR) is 68.8 cm³/mol. The van der Waals surface area contributed by atoms with Crippen LogP contribution < -0.4 is 5.32 Å². The number of H-pyrrole nitrogens is 1. The third-order valence-electron chi connectivity index (χ3n) is 3.49. The van der Waals surface area contributed by atoms with Gasteiger partial charge in [-0.3, -0.25) is 0 Å². The summed E-state index contributed by atoms with van der Waals surface area (Å²) in [7, 11) is 0. The zero-order valence-electron chi connectivity index (χ0n) is 10.1. The SMILES string of the molecule is Fc1ccccc1-c1cnc(C2CCNCC2)[nH]1. The van der Waals surface area contributed by atoms with E-state index in [1.165, 1.54) is 6.07 Å². The normalized spacial score (nSPS) is 16.9. The van der Waals surface area contributed by atoms with Crippen LogP contribution in [0.5, 0.6) is 0 Å². The van der Waals surface area contributed by atoms with E-state index in [2.05, 4.69) is 15.3 Å². The largest absolute Gasteiger partial charge is 0.342 e. The topological polar surface area (TPSA) is 40.7 Å². The molecule has 1 aromatic carbocycles. The molecule has 2 aromatic rings. The van der Waals surface area contributed by atoms with Crippen LogP contribution in [-0.2, 0) is 0 Å². The van der Waals surface area contributed by atoms with Crippen LogP contribution in [-0.4, -0.2) is 23.1 Å². The Kier molecular flexibility index (Phi) is 3.11. The minimum absolute atomic E-state index is 0.210. The molecule has 2 N–H and O–H groups in total. The molecular formula is C14H16FN3. The van der Waals surface area contributed by atoms with Gasteiger partial charge in [0.25, 0.3) is 0 Å². The lowest BCUT2D eigenvalue weighted by molar-refractivity contribution is 0.447. The molecule has 4 heteroatoms. The first-order valence-electron chi connectivity index (χ1n) is 6.35. The summed E-state index contributed by atoms with van der Waals surface area (Å²) in [5.74, 6) is 1.24. The molecule has 0 spiro atoms.